The van der Waals surface area contributed by atoms with Crippen LogP contribution in [0.1, 0.15) is 69.3 Å². The van der Waals surface area contributed by atoms with Gasteiger partial charge in [-0.1, -0.05) is 36.4 Å². The summed E-state index contributed by atoms with van der Waals surface area (Å²) in [6.07, 6.45) is -2.52. The zero-order valence-electron chi connectivity index (χ0n) is 18.7. The van der Waals surface area contributed by atoms with E-state index in [1.54, 1.807) is 24.3 Å². The third-order valence-electron chi connectivity index (χ3n) is 6.33. The molecule has 1 N–H and O–H groups in total. The molecule has 1 aromatic heterocycles. The molecule has 0 aliphatic heterocycles. The van der Waals surface area contributed by atoms with Crippen LogP contribution >= 0.6 is 0 Å². The van der Waals surface area contributed by atoms with Gasteiger partial charge >= 0.3 is 6.18 Å². The van der Waals surface area contributed by atoms with E-state index in [0.717, 1.165) is 6.07 Å². The highest BCUT2D eigenvalue weighted by Crippen LogP contribution is 2.38. The number of hydrogen-bond acceptors (Lipinski definition) is 4. The number of benzene rings is 2. The predicted octanol–water partition coefficient (Wildman–Crippen LogP) is 5.72. The lowest BCUT2D eigenvalue weighted by Gasteiger charge is -2.27. The molecule has 1 amide bonds. The normalized spacial score (nSPS) is 18.2. The van der Waals surface area contributed by atoms with E-state index in [1.807, 2.05) is 0 Å². The van der Waals surface area contributed by atoms with Crippen molar-refractivity contribution in [1.82, 2.24) is 15.5 Å². The van der Waals surface area contributed by atoms with E-state index < -0.39 is 35.2 Å². The summed E-state index contributed by atoms with van der Waals surface area (Å²) in [5.41, 5.74) is -0.0691. The number of carbonyl (C=O) groups is 2. The second-order valence-corrected chi connectivity index (χ2v) is 8.57. The fourth-order valence-electron chi connectivity index (χ4n) is 4.41. The summed E-state index contributed by atoms with van der Waals surface area (Å²) in [4.78, 5) is 25.1. The van der Waals surface area contributed by atoms with E-state index in [2.05, 4.69) is 15.5 Å². The number of halogens is 4. The van der Waals surface area contributed by atoms with Crippen molar-refractivity contribution in [2.75, 3.05) is 0 Å². The van der Waals surface area contributed by atoms with Crippen LogP contribution < -0.4 is 5.32 Å². The van der Waals surface area contributed by atoms with Gasteiger partial charge in [-0.15, -0.1) is 5.10 Å². The summed E-state index contributed by atoms with van der Waals surface area (Å²) in [5, 5.41) is 10.7. The second-order valence-electron chi connectivity index (χ2n) is 8.57. The third kappa shape index (κ3) is 5.72. The molecule has 4 rings (SSSR count). The van der Waals surface area contributed by atoms with Gasteiger partial charge in [0, 0.05) is 29.5 Å². The van der Waals surface area contributed by atoms with Gasteiger partial charge in [-0.05, 0) is 49.9 Å². The topological polar surface area (TPSA) is 72.0 Å². The molecule has 0 radical (unpaired) electrons. The van der Waals surface area contributed by atoms with Crippen molar-refractivity contribution in [3.05, 3.63) is 94.6 Å². The van der Waals surface area contributed by atoms with Gasteiger partial charge in [-0.2, -0.15) is 18.3 Å². The molecule has 1 aliphatic rings. The fraction of sp³-hybridized carbons (Fsp3) is 0.308. The Morgan fingerprint density at radius 3 is 2.23 bits per heavy atom. The quantitative estimate of drug-likeness (QED) is 0.358. The van der Waals surface area contributed by atoms with Crippen LogP contribution in [0.5, 0.6) is 0 Å². The number of nitrogens with one attached hydrogen (secondary N) is 1. The predicted molar refractivity (Wildman–Crippen MR) is 120 cm³/mol. The molecular formula is C26H23F4N3O2. The SMILES string of the molecule is O=C(NCc1ccccc1F)c1ccc(C2CCC(C(=O)c3ccccc3C(F)(F)F)CC2)nn1. The highest BCUT2D eigenvalue weighted by atomic mass is 19.4. The molecule has 1 fully saturated rings. The van der Waals surface area contributed by atoms with Crippen molar-refractivity contribution in [1.29, 1.82) is 0 Å². The van der Waals surface area contributed by atoms with Crippen molar-refractivity contribution < 1.29 is 27.2 Å². The zero-order valence-corrected chi connectivity index (χ0v) is 18.7. The number of aromatic nitrogens is 2. The highest BCUT2D eigenvalue weighted by molar-refractivity contribution is 5.99. The van der Waals surface area contributed by atoms with Crippen LogP contribution in [-0.2, 0) is 12.7 Å². The summed E-state index contributed by atoms with van der Waals surface area (Å²) in [5.74, 6) is -1.86. The van der Waals surface area contributed by atoms with E-state index in [4.69, 9.17) is 0 Å². The van der Waals surface area contributed by atoms with Crippen LogP contribution in [0.2, 0.25) is 0 Å². The number of carbonyl (C=O) groups excluding carboxylic acids is 2. The van der Waals surface area contributed by atoms with Crippen molar-refractivity contribution in [3.63, 3.8) is 0 Å². The van der Waals surface area contributed by atoms with Gasteiger partial charge in [0.1, 0.15) is 5.82 Å². The molecule has 2 aromatic carbocycles. The Balaban J connectivity index is 1.34. The van der Waals surface area contributed by atoms with Crippen molar-refractivity contribution >= 4 is 11.7 Å². The molecule has 0 saturated heterocycles. The van der Waals surface area contributed by atoms with Gasteiger partial charge in [-0.3, -0.25) is 9.59 Å². The Kier molecular flexibility index (Phi) is 7.23. The molecule has 35 heavy (non-hydrogen) atoms. The summed E-state index contributed by atoms with van der Waals surface area (Å²) in [7, 11) is 0. The Bertz CT molecular complexity index is 1200. The highest BCUT2D eigenvalue weighted by Gasteiger charge is 2.37. The van der Waals surface area contributed by atoms with Crippen molar-refractivity contribution in [2.24, 2.45) is 5.92 Å². The lowest BCUT2D eigenvalue weighted by Crippen LogP contribution is -2.25. The Labute approximate surface area is 199 Å². The first kappa shape index (κ1) is 24.5. The molecular weight excluding hydrogens is 462 g/mol. The van der Waals surface area contributed by atoms with Gasteiger partial charge in [0.2, 0.25) is 0 Å². The molecule has 9 heteroatoms. The first-order chi connectivity index (χ1) is 16.7. The minimum Gasteiger partial charge on any atom is -0.346 e. The number of rotatable bonds is 6. The molecule has 1 aliphatic carbocycles. The van der Waals surface area contributed by atoms with Gasteiger partial charge < -0.3 is 5.32 Å². The molecule has 0 unspecified atom stereocenters. The van der Waals surface area contributed by atoms with Gasteiger partial charge in [0.25, 0.3) is 5.91 Å². The van der Waals surface area contributed by atoms with Crippen molar-refractivity contribution in [3.8, 4) is 0 Å². The zero-order chi connectivity index (χ0) is 25.0. The maximum absolute atomic E-state index is 13.7. The molecule has 0 spiro atoms. The molecule has 1 saturated carbocycles. The molecule has 1 heterocycles. The van der Waals surface area contributed by atoms with E-state index in [1.165, 1.54) is 30.3 Å². The lowest BCUT2D eigenvalue weighted by molar-refractivity contribution is -0.138. The largest absolute Gasteiger partial charge is 0.417 e. The molecule has 0 bridgehead atoms. The Morgan fingerprint density at radius 2 is 1.57 bits per heavy atom. The number of Topliss-reactive ketones (excluding diaryl/α,β-unsaturated/α-hetero) is 1. The maximum Gasteiger partial charge on any atom is 0.417 e. The van der Waals surface area contributed by atoms with Crippen LogP contribution in [-0.4, -0.2) is 21.9 Å². The Hall–Kier alpha value is -3.62. The number of amides is 1. The van der Waals surface area contributed by atoms with E-state index in [0.29, 0.717) is 36.9 Å². The summed E-state index contributed by atoms with van der Waals surface area (Å²) < 4.78 is 53.6. The molecule has 0 atom stereocenters. The standard InChI is InChI=1S/C26H23F4N3O2/c27-21-8-4-1-5-18(21)15-31-25(35)23-14-13-22(32-33-23)16-9-11-17(12-10-16)24(34)19-6-2-3-7-20(19)26(28,29)30/h1-8,13-14,16-17H,9-12,15H2,(H,31,35). The minimum absolute atomic E-state index is 0.0000595. The fourth-order valence-corrected chi connectivity index (χ4v) is 4.41. The summed E-state index contributed by atoms with van der Waals surface area (Å²) in [6.45, 7) is 0.0183. The van der Waals surface area contributed by atoms with Gasteiger partial charge in [0.15, 0.2) is 11.5 Å². The van der Waals surface area contributed by atoms with Crippen LogP contribution in [0.3, 0.4) is 0 Å². The smallest absolute Gasteiger partial charge is 0.346 e. The van der Waals surface area contributed by atoms with Crippen LogP contribution in [0, 0.1) is 11.7 Å². The first-order valence-electron chi connectivity index (χ1n) is 11.3. The minimum atomic E-state index is -4.58. The van der Waals surface area contributed by atoms with E-state index in [9.17, 15) is 27.2 Å². The maximum atomic E-state index is 13.7. The first-order valence-corrected chi connectivity index (χ1v) is 11.3. The average molecular weight is 485 g/mol. The van der Waals surface area contributed by atoms with Gasteiger partial charge in [0.05, 0.1) is 11.3 Å². The lowest BCUT2D eigenvalue weighted by atomic mass is 9.77. The third-order valence-corrected chi connectivity index (χ3v) is 6.33. The molecule has 5 nitrogen and oxygen atoms in total. The average Bonchev–Trinajstić information content (AvgIpc) is 2.87. The van der Waals surface area contributed by atoms with Crippen LogP contribution in [0.25, 0.3) is 0 Å². The van der Waals surface area contributed by atoms with Gasteiger partial charge in [-0.25, -0.2) is 4.39 Å². The molecule has 3 aromatic rings. The molecule has 182 valence electrons. The van der Waals surface area contributed by atoms with Crippen LogP contribution in [0.4, 0.5) is 17.6 Å². The number of hydrogen-bond donors (Lipinski definition) is 1. The second kappa shape index (κ2) is 10.3. The number of ketones is 1. The Morgan fingerprint density at radius 1 is 0.886 bits per heavy atom. The monoisotopic (exact) mass is 485 g/mol. The number of nitrogens with zero attached hydrogens (tertiary/aromatic N) is 2. The summed E-state index contributed by atoms with van der Waals surface area (Å²) >= 11 is 0. The van der Waals surface area contributed by atoms with Crippen LogP contribution in [0.15, 0.2) is 60.7 Å². The number of alkyl halides is 3. The summed E-state index contributed by atoms with van der Waals surface area (Å²) in [6, 6.07) is 14.2. The van der Waals surface area contributed by atoms with Crippen molar-refractivity contribution in [2.45, 2.75) is 44.3 Å². The van der Waals surface area contributed by atoms with E-state index in [-0.39, 0.29) is 23.7 Å². The van der Waals surface area contributed by atoms with E-state index >= 15 is 0 Å².